The van der Waals surface area contributed by atoms with E-state index in [-0.39, 0.29) is 6.04 Å². The van der Waals surface area contributed by atoms with Crippen molar-refractivity contribution in [3.8, 4) is 0 Å². The summed E-state index contributed by atoms with van der Waals surface area (Å²) in [4.78, 5) is 17.5. The van der Waals surface area contributed by atoms with Gasteiger partial charge in [-0.1, -0.05) is 26.7 Å². The Bertz CT molecular complexity index is 359. The monoisotopic (exact) mass is 293 g/mol. The molecule has 0 aromatic heterocycles. The molecule has 0 radical (unpaired) electrons. The maximum absolute atomic E-state index is 12.8. The lowest BCUT2D eigenvalue weighted by Gasteiger charge is -2.30. The molecular formula is C17H31N3O. The van der Waals surface area contributed by atoms with E-state index in [4.69, 9.17) is 0 Å². The van der Waals surface area contributed by atoms with Crippen LogP contribution >= 0.6 is 0 Å². The summed E-state index contributed by atoms with van der Waals surface area (Å²) in [7, 11) is 0. The van der Waals surface area contributed by atoms with Gasteiger partial charge < -0.3 is 9.80 Å². The van der Waals surface area contributed by atoms with Crippen LogP contribution in [0.15, 0.2) is 0 Å². The fourth-order valence-corrected chi connectivity index (χ4v) is 4.31. The first-order valence-electron chi connectivity index (χ1n) is 8.95. The molecule has 120 valence electrons. The standard InChI is InChI=1S/C17H31N3O/c1-13(2)15-17(21)20(12-11-19-9-5-6-10-19)16(18-15)14-7-3-4-8-14/h13-16,18H,3-12H2,1-2H3. The van der Waals surface area contributed by atoms with Crippen molar-refractivity contribution >= 4 is 5.91 Å². The van der Waals surface area contributed by atoms with E-state index in [0.29, 0.717) is 23.9 Å². The molecule has 0 bridgehead atoms. The smallest absolute Gasteiger partial charge is 0.241 e. The Labute approximate surface area is 129 Å². The van der Waals surface area contributed by atoms with Crippen LogP contribution < -0.4 is 5.32 Å². The summed E-state index contributed by atoms with van der Waals surface area (Å²) in [6, 6.07) is 0.0363. The highest BCUT2D eigenvalue weighted by molar-refractivity contribution is 5.84. The maximum Gasteiger partial charge on any atom is 0.241 e. The first kappa shape index (κ1) is 15.3. The largest absolute Gasteiger partial charge is 0.324 e. The van der Waals surface area contributed by atoms with Crippen LogP contribution in [0.2, 0.25) is 0 Å². The Kier molecular flexibility index (Phi) is 4.85. The lowest BCUT2D eigenvalue weighted by Crippen LogP contribution is -2.45. The molecule has 1 saturated carbocycles. The molecule has 2 unspecified atom stereocenters. The van der Waals surface area contributed by atoms with Gasteiger partial charge >= 0.3 is 0 Å². The van der Waals surface area contributed by atoms with Crippen LogP contribution in [0.25, 0.3) is 0 Å². The lowest BCUT2D eigenvalue weighted by molar-refractivity contribution is -0.131. The zero-order valence-electron chi connectivity index (χ0n) is 13.7. The van der Waals surface area contributed by atoms with Gasteiger partial charge in [0.2, 0.25) is 5.91 Å². The van der Waals surface area contributed by atoms with Crippen LogP contribution in [0.3, 0.4) is 0 Å². The summed E-state index contributed by atoms with van der Waals surface area (Å²) in [5, 5.41) is 3.67. The van der Waals surface area contributed by atoms with E-state index in [9.17, 15) is 4.79 Å². The molecule has 1 amide bonds. The number of likely N-dealkylation sites (tertiary alicyclic amines) is 1. The van der Waals surface area contributed by atoms with Gasteiger partial charge in [0.05, 0.1) is 12.2 Å². The van der Waals surface area contributed by atoms with Gasteiger partial charge in [-0.2, -0.15) is 0 Å². The minimum atomic E-state index is 0.0363. The second-order valence-corrected chi connectivity index (χ2v) is 7.46. The molecule has 2 aliphatic heterocycles. The fraction of sp³-hybridized carbons (Fsp3) is 0.941. The van der Waals surface area contributed by atoms with Crippen molar-refractivity contribution < 1.29 is 4.79 Å². The maximum atomic E-state index is 12.8. The van der Waals surface area contributed by atoms with Crippen LogP contribution in [0, 0.1) is 11.8 Å². The highest BCUT2D eigenvalue weighted by atomic mass is 16.2. The van der Waals surface area contributed by atoms with Crippen LogP contribution in [0.5, 0.6) is 0 Å². The molecule has 21 heavy (non-hydrogen) atoms. The minimum absolute atomic E-state index is 0.0363. The number of nitrogens with one attached hydrogen (secondary N) is 1. The van der Waals surface area contributed by atoms with Crippen LogP contribution in [0.1, 0.15) is 52.4 Å². The van der Waals surface area contributed by atoms with Crippen molar-refractivity contribution in [2.75, 3.05) is 26.2 Å². The molecule has 4 nitrogen and oxygen atoms in total. The molecule has 2 atom stereocenters. The first-order valence-corrected chi connectivity index (χ1v) is 8.95. The van der Waals surface area contributed by atoms with Crippen molar-refractivity contribution in [3.63, 3.8) is 0 Å². The molecule has 3 aliphatic rings. The molecule has 1 aliphatic carbocycles. The van der Waals surface area contributed by atoms with Gasteiger partial charge in [-0.05, 0) is 50.6 Å². The van der Waals surface area contributed by atoms with Gasteiger partial charge in [0, 0.05) is 13.1 Å². The summed E-state index contributed by atoms with van der Waals surface area (Å²) >= 11 is 0. The Balaban J connectivity index is 1.64. The highest BCUT2D eigenvalue weighted by Gasteiger charge is 2.44. The first-order chi connectivity index (χ1) is 10.2. The van der Waals surface area contributed by atoms with E-state index in [2.05, 4.69) is 29.0 Å². The minimum Gasteiger partial charge on any atom is -0.324 e. The second kappa shape index (κ2) is 6.66. The predicted molar refractivity (Wildman–Crippen MR) is 84.9 cm³/mol. The molecular weight excluding hydrogens is 262 g/mol. The third-order valence-electron chi connectivity index (χ3n) is 5.60. The molecule has 2 heterocycles. The molecule has 3 fully saturated rings. The number of hydrogen-bond acceptors (Lipinski definition) is 3. The van der Waals surface area contributed by atoms with Crippen LogP contribution in [-0.4, -0.2) is 54.1 Å². The Morgan fingerprint density at radius 1 is 1.10 bits per heavy atom. The third-order valence-corrected chi connectivity index (χ3v) is 5.60. The van der Waals surface area contributed by atoms with E-state index in [1.165, 1.54) is 51.6 Å². The van der Waals surface area contributed by atoms with Gasteiger partial charge in [-0.15, -0.1) is 0 Å². The van der Waals surface area contributed by atoms with Gasteiger partial charge in [0.15, 0.2) is 0 Å². The SMILES string of the molecule is CC(C)C1NC(C2CCCC2)N(CCN2CCCC2)C1=O. The third kappa shape index (κ3) is 3.26. The number of nitrogens with zero attached hydrogens (tertiary/aromatic N) is 2. The van der Waals surface area contributed by atoms with Crippen molar-refractivity contribution in [1.82, 2.24) is 15.1 Å². The zero-order chi connectivity index (χ0) is 14.8. The van der Waals surface area contributed by atoms with E-state index >= 15 is 0 Å². The topological polar surface area (TPSA) is 35.6 Å². The summed E-state index contributed by atoms with van der Waals surface area (Å²) in [6.45, 7) is 8.72. The number of amides is 1. The van der Waals surface area contributed by atoms with Crippen LogP contribution in [0.4, 0.5) is 0 Å². The normalized spacial score (nSPS) is 32.0. The molecule has 1 N–H and O–H groups in total. The summed E-state index contributed by atoms with van der Waals surface area (Å²) in [6.07, 6.45) is 8.20. The Hall–Kier alpha value is -0.610. The average Bonchev–Trinajstić information content (AvgIpc) is 3.17. The predicted octanol–water partition coefficient (Wildman–Crippen LogP) is 2.05. The van der Waals surface area contributed by atoms with Gasteiger partial charge in [-0.25, -0.2) is 0 Å². The van der Waals surface area contributed by atoms with Crippen molar-refractivity contribution in [2.24, 2.45) is 11.8 Å². The Morgan fingerprint density at radius 2 is 1.76 bits per heavy atom. The van der Waals surface area contributed by atoms with Crippen molar-refractivity contribution in [1.29, 1.82) is 0 Å². The van der Waals surface area contributed by atoms with Crippen molar-refractivity contribution in [3.05, 3.63) is 0 Å². The van der Waals surface area contributed by atoms with E-state index in [1.54, 1.807) is 0 Å². The molecule has 0 aromatic rings. The lowest BCUT2D eigenvalue weighted by atomic mass is 10.0. The summed E-state index contributed by atoms with van der Waals surface area (Å²) < 4.78 is 0. The van der Waals surface area contributed by atoms with E-state index in [1.807, 2.05) is 0 Å². The van der Waals surface area contributed by atoms with Gasteiger partial charge in [0.25, 0.3) is 0 Å². The molecule has 2 saturated heterocycles. The average molecular weight is 293 g/mol. The highest BCUT2D eigenvalue weighted by Crippen LogP contribution is 2.33. The van der Waals surface area contributed by atoms with Crippen LogP contribution in [-0.2, 0) is 4.79 Å². The van der Waals surface area contributed by atoms with Gasteiger partial charge in [-0.3, -0.25) is 10.1 Å². The summed E-state index contributed by atoms with van der Waals surface area (Å²) in [5.41, 5.74) is 0. The summed E-state index contributed by atoms with van der Waals surface area (Å²) in [5.74, 6) is 1.41. The van der Waals surface area contributed by atoms with E-state index in [0.717, 1.165) is 13.1 Å². The number of hydrogen-bond donors (Lipinski definition) is 1. The Morgan fingerprint density at radius 3 is 2.38 bits per heavy atom. The molecule has 3 rings (SSSR count). The van der Waals surface area contributed by atoms with E-state index < -0.39 is 0 Å². The number of carbonyl (C=O) groups excluding carboxylic acids is 1. The quantitative estimate of drug-likeness (QED) is 0.843. The fourth-order valence-electron chi connectivity index (χ4n) is 4.31. The molecule has 4 heteroatoms. The molecule has 0 aromatic carbocycles. The molecule has 0 spiro atoms. The van der Waals surface area contributed by atoms with Crippen molar-refractivity contribution in [2.45, 2.75) is 64.6 Å². The second-order valence-electron chi connectivity index (χ2n) is 7.46. The zero-order valence-corrected chi connectivity index (χ0v) is 13.7. The number of rotatable bonds is 5. The number of carbonyl (C=O) groups is 1. The van der Waals surface area contributed by atoms with Gasteiger partial charge in [0.1, 0.15) is 0 Å².